The maximum Gasteiger partial charge on any atom is 0.248 e. The van der Waals surface area contributed by atoms with Crippen molar-refractivity contribution in [1.82, 2.24) is 4.90 Å². The van der Waals surface area contributed by atoms with Gasteiger partial charge in [0.2, 0.25) is 5.92 Å². The lowest BCUT2D eigenvalue weighted by Gasteiger charge is -2.44. The minimum atomic E-state index is -2.46. The van der Waals surface area contributed by atoms with E-state index in [0.29, 0.717) is 12.3 Å². The highest BCUT2D eigenvalue weighted by Crippen LogP contribution is 2.37. The Hall–Kier alpha value is 0.0700. The lowest BCUT2D eigenvalue weighted by atomic mass is 9.86. The largest absolute Gasteiger partial charge is 0.368 e. The Labute approximate surface area is 119 Å². The van der Waals surface area contributed by atoms with Gasteiger partial charge in [0, 0.05) is 38.4 Å². The second kappa shape index (κ2) is 5.82. The highest BCUT2D eigenvalue weighted by molar-refractivity contribution is 6.18. The average molecular weight is 296 g/mol. The Morgan fingerprint density at radius 3 is 2.74 bits per heavy atom. The van der Waals surface area contributed by atoms with Crippen molar-refractivity contribution in [2.24, 2.45) is 5.92 Å². The van der Waals surface area contributed by atoms with Crippen LogP contribution in [-0.4, -0.2) is 48.0 Å². The average Bonchev–Trinajstić information content (AvgIpc) is 2.25. The Kier molecular flexibility index (Phi) is 4.74. The van der Waals surface area contributed by atoms with Gasteiger partial charge in [0.15, 0.2) is 0 Å². The number of ether oxygens (including phenoxy) is 1. The lowest BCUT2D eigenvalue weighted by molar-refractivity contribution is -0.134. The van der Waals surface area contributed by atoms with Crippen LogP contribution in [0.3, 0.4) is 0 Å². The van der Waals surface area contributed by atoms with Crippen molar-refractivity contribution >= 4 is 11.6 Å². The van der Waals surface area contributed by atoms with E-state index in [4.69, 9.17) is 16.3 Å². The van der Waals surface area contributed by atoms with Gasteiger partial charge < -0.3 is 4.74 Å². The Balaban J connectivity index is 1.91. The van der Waals surface area contributed by atoms with Crippen LogP contribution in [0.2, 0.25) is 0 Å². The van der Waals surface area contributed by atoms with Gasteiger partial charge >= 0.3 is 0 Å². The summed E-state index contributed by atoms with van der Waals surface area (Å²) >= 11 is 5.89. The number of hydrogen-bond acceptors (Lipinski definition) is 2. The minimum absolute atomic E-state index is 0.00881. The first-order valence-electron chi connectivity index (χ1n) is 7.14. The smallest absolute Gasteiger partial charge is 0.248 e. The predicted octanol–water partition coefficient (Wildman–Crippen LogP) is 3.53. The highest BCUT2D eigenvalue weighted by atomic mass is 35.5. The van der Waals surface area contributed by atoms with Gasteiger partial charge in [0.1, 0.15) is 0 Å². The summed E-state index contributed by atoms with van der Waals surface area (Å²) in [7, 11) is 0. The van der Waals surface area contributed by atoms with Gasteiger partial charge in [0.25, 0.3) is 0 Å². The molecule has 0 aromatic rings. The summed E-state index contributed by atoms with van der Waals surface area (Å²) < 4.78 is 32.7. The van der Waals surface area contributed by atoms with E-state index >= 15 is 0 Å². The van der Waals surface area contributed by atoms with Crippen LogP contribution in [0.15, 0.2) is 0 Å². The zero-order chi connectivity index (χ0) is 14.1. The molecule has 1 saturated heterocycles. The molecule has 2 rings (SSSR count). The molecule has 1 saturated carbocycles. The molecule has 2 fully saturated rings. The molecule has 5 heteroatoms. The summed E-state index contributed by atoms with van der Waals surface area (Å²) in [5.74, 6) is -1.90. The summed E-state index contributed by atoms with van der Waals surface area (Å²) in [5.41, 5.74) is -0.241. The molecule has 112 valence electrons. The third-order valence-electron chi connectivity index (χ3n) is 3.98. The standard InChI is InChI=1S/C14H24ClF2NO/c1-13(2)10-18(9-12(7-15)19-13)8-11-4-3-5-14(16,17)6-11/h11-12H,3-10H2,1-2H3. The molecule has 2 nitrogen and oxygen atoms in total. The van der Waals surface area contributed by atoms with Gasteiger partial charge in [-0.3, -0.25) is 4.90 Å². The van der Waals surface area contributed by atoms with E-state index in [2.05, 4.69) is 4.90 Å². The molecule has 2 unspecified atom stereocenters. The van der Waals surface area contributed by atoms with Crippen LogP contribution in [-0.2, 0) is 4.74 Å². The van der Waals surface area contributed by atoms with Gasteiger partial charge in [0.05, 0.1) is 11.7 Å². The number of nitrogens with zero attached hydrogens (tertiary/aromatic N) is 1. The number of hydrogen-bond donors (Lipinski definition) is 0. The van der Waals surface area contributed by atoms with Crippen molar-refractivity contribution < 1.29 is 13.5 Å². The summed E-state index contributed by atoms with van der Waals surface area (Å²) in [6, 6.07) is 0. The molecular formula is C14H24ClF2NO. The normalized spacial score (nSPS) is 35.2. The predicted molar refractivity (Wildman–Crippen MR) is 73.0 cm³/mol. The fourth-order valence-corrected chi connectivity index (χ4v) is 3.59. The molecule has 19 heavy (non-hydrogen) atoms. The van der Waals surface area contributed by atoms with Gasteiger partial charge in [-0.05, 0) is 32.6 Å². The van der Waals surface area contributed by atoms with Crippen molar-refractivity contribution in [2.45, 2.75) is 57.2 Å². The van der Waals surface area contributed by atoms with E-state index in [1.807, 2.05) is 13.8 Å². The Morgan fingerprint density at radius 1 is 1.37 bits per heavy atom. The molecule has 0 aromatic carbocycles. The third kappa shape index (κ3) is 4.54. The third-order valence-corrected chi connectivity index (χ3v) is 4.33. The SMILES string of the molecule is CC1(C)CN(CC2CCCC(F)(F)C2)CC(CCl)O1. The van der Waals surface area contributed by atoms with Crippen LogP contribution in [0.4, 0.5) is 8.78 Å². The number of morpholine rings is 1. The van der Waals surface area contributed by atoms with Crippen LogP contribution in [0.25, 0.3) is 0 Å². The second-order valence-electron chi connectivity index (χ2n) is 6.67. The number of rotatable bonds is 3. The first-order valence-corrected chi connectivity index (χ1v) is 7.67. The molecule has 1 aliphatic carbocycles. The number of alkyl halides is 3. The first-order chi connectivity index (χ1) is 8.80. The van der Waals surface area contributed by atoms with Crippen molar-refractivity contribution in [3.63, 3.8) is 0 Å². The summed E-state index contributed by atoms with van der Waals surface area (Å²) in [4.78, 5) is 2.25. The molecule has 0 N–H and O–H groups in total. The molecule has 0 bridgehead atoms. The van der Waals surface area contributed by atoms with Gasteiger partial charge in [-0.2, -0.15) is 0 Å². The van der Waals surface area contributed by atoms with Crippen LogP contribution >= 0.6 is 11.6 Å². The van der Waals surface area contributed by atoms with E-state index in [0.717, 1.165) is 26.1 Å². The topological polar surface area (TPSA) is 12.5 Å². The maximum atomic E-state index is 13.4. The Bertz CT molecular complexity index is 312. The van der Waals surface area contributed by atoms with Crippen LogP contribution in [0, 0.1) is 5.92 Å². The first kappa shape index (κ1) is 15.5. The molecule has 2 aliphatic rings. The monoisotopic (exact) mass is 295 g/mol. The molecule has 1 aliphatic heterocycles. The minimum Gasteiger partial charge on any atom is -0.368 e. The zero-order valence-electron chi connectivity index (χ0n) is 11.8. The fraction of sp³-hybridized carbons (Fsp3) is 1.00. The molecule has 0 aromatic heterocycles. The molecule has 2 atom stereocenters. The van der Waals surface area contributed by atoms with Gasteiger partial charge in [-0.15, -0.1) is 11.6 Å². The van der Waals surface area contributed by atoms with E-state index < -0.39 is 5.92 Å². The molecule has 0 amide bonds. The highest BCUT2D eigenvalue weighted by Gasteiger charge is 2.39. The lowest BCUT2D eigenvalue weighted by Crippen LogP contribution is -2.54. The van der Waals surface area contributed by atoms with Gasteiger partial charge in [-0.1, -0.05) is 0 Å². The number of halogens is 3. The van der Waals surface area contributed by atoms with Crippen molar-refractivity contribution in [2.75, 3.05) is 25.5 Å². The molecular weight excluding hydrogens is 272 g/mol. The quantitative estimate of drug-likeness (QED) is 0.739. The molecule has 0 spiro atoms. The fourth-order valence-electron chi connectivity index (χ4n) is 3.43. The van der Waals surface area contributed by atoms with Crippen LogP contribution in [0.5, 0.6) is 0 Å². The van der Waals surface area contributed by atoms with Crippen molar-refractivity contribution in [1.29, 1.82) is 0 Å². The zero-order valence-corrected chi connectivity index (χ0v) is 12.6. The van der Waals surface area contributed by atoms with Crippen molar-refractivity contribution in [3.05, 3.63) is 0 Å². The van der Waals surface area contributed by atoms with E-state index in [1.54, 1.807) is 0 Å². The second-order valence-corrected chi connectivity index (χ2v) is 6.97. The van der Waals surface area contributed by atoms with E-state index in [9.17, 15) is 8.78 Å². The molecule has 1 heterocycles. The summed E-state index contributed by atoms with van der Waals surface area (Å²) in [5, 5.41) is 0. The van der Waals surface area contributed by atoms with Crippen molar-refractivity contribution in [3.8, 4) is 0 Å². The van der Waals surface area contributed by atoms with Crippen LogP contribution < -0.4 is 0 Å². The maximum absolute atomic E-state index is 13.4. The summed E-state index contributed by atoms with van der Waals surface area (Å²) in [6.45, 7) is 6.37. The Morgan fingerprint density at radius 2 is 2.11 bits per heavy atom. The van der Waals surface area contributed by atoms with Crippen LogP contribution in [0.1, 0.15) is 39.5 Å². The van der Waals surface area contributed by atoms with Gasteiger partial charge in [-0.25, -0.2) is 8.78 Å². The van der Waals surface area contributed by atoms with E-state index in [1.165, 1.54) is 0 Å². The molecule has 0 radical (unpaired) electrons. The van der Waals surface area contributed by atoms with E-state index in [-0.39, 0.29) is 30.5 Å². The summed E-state index contributed by atoms with van der Waals surface area (Å²) in [6.07, 6.45) is 1.66.